The van der Waals surface area contributed by atoms with Gasteiger partial charge in [-0.05, 0) is 62.1 Å². The van der Waals surface area contributed by atoms with E-state index in [4.69, 9.17) is 21.7 Å². The Morgan fingerprint density at radius 3 is 2.74 bits per heavy atom. The van der Waals surface area contributed by atoms with E-state index in [2.05, 4.69) is 62.4 Å². The molecule has 5 heterocycles. The van der Waals surface area contributed by atoms with Crippen LogP contribution in [0, 0.1) is 0 Å². The van der Waals surface area contributed by atoms with E-state index in [1.54, 1.807) is 18.1 Å². The SMILES string of the molecule is CN1C(=O)Cc2cc(Nc3nc(N4CCC(N(C)c5cccc6c(C7CCCNC7)nn(C)c56)CC4)ncc3Cl)ccc21. The highest BCUT2D eigenvalue weighted by Gasteiger charge is 2.28. The van der Waals surface area contributed by atoms with E-state index < -0.39 is 0 Å². The Labute approximate surface area is 257 Å². The number of benzene rings is 2. The quantitative estimate of drug-likeness (QED) is 0.325. The Hall–Kier alpha value is -3.89. The van der Waals surface area contributed by atoms with Crippen molar-refractivity contribution in [1.82, 2.24) is 25.1 Å². The number of amides is 1. The molecule has 43 heavy (non-hydrogen) atoms. The zero-order valence-corrected chi connectivity index (χ0v) is 25.7. The zero-order valence-electron chi connectivity index (χ0n) is 25.0. The fourth-order valence-electron chi connectivity index (χ4n) is 6.95. The van der Waals surface area contributed by atoms with Crippen LogP contribution in [-0.4, -0.2) is 72.0 Å². The molecule has 1 unspecified atom stereocenters. The van der Waals surface area contributed by atoms with Gasteiger partial charge in [0.2, 0.25) is 11.9 Å². The Bertz CT molecular complexity index is 1670. The number of hydrogen-bond acceptors (Lipinski definition) is 8. The number of nitrogens with zero attached hydrogens (tertiary/aromatic N) is 7. The molecule has 4 aromatic rings. The van der Waals surface area contributed by atoms with Gasteiger partial charge in [0.1, 0.15) is 5.02 Å². The number of likely N-dealkylation sites (N-methyl/N-ethyl adjacent to an activating group) is 1. The van der Waals surface area contributed by atoms with Crippen LogP contribution in [0.4, 0.5) is 28.8 Å². The summed E-state index contributed by atoms with van der Waals surface area (Å²) in [5, 5.41) is 13.6. The van der Waals surface area contributed by atoms with Crippen LogP contribution in [0.2, 0.25) is 5.02 Å². The second kappa shape index (κ2) is 11.3. The molecule has 3 aliphatic rings. The number of aryl methyl sites for hydroxylation is 1. The third kappa shape index (κ3) is 5.16. The van der Waals surface area contributed by atoms with Crippen LogP contribution in [0.3, 0.4) is 0 Å². The standard InChI is InChI=1S/C32H38ClN9O/c1-39(27-8-4-7-24-29(38-41(3)30(24)27)20-6-5-13-34-18-20)23-11-14-42(15-12-23)32-35-19-25(33)31(37-32)36-22-9-10-26-21(16-22)17-28(43)40(26)2/h4,7-10,16,19-20,23,34H,5-6,11-15,17-18H2,1-3H3,(H,35,36,37). The number of hydrogen-bond donors (Lipinski definition) is 2. The van der Waals surface area contributed by atoms with Crippen LogP contribution in [0.15, 0.2) is 42.6 Å². The summed E-state index contributed by atoms with van der Waals surface area (Å²) in [6, 6.07) is 12.9. The van der Waals surface area contributed by atoms with Gasteiger partial charge in [0.15, 0.2) is 5.82 Å². The molecule has 2 saturated heterocycles. The summed E-state index contributed by atoms with van der Waals surface area (Å²) in [4.78, 5) is 27.9. The molecule has 224 valence electrons. The highest BCUT2D eigenvalue weighted by Crippen LogP contribution is 2.36. The van der Waals surface area contributed by atoms with Gasteiger partial charge in [-0.2, -0.15) is 10.1 Å². The maximum Gasteiger partial charge on any atom is 0.231 e. The predicted octanol–water partition coefficient (Wildman–Crippen LogP) is 4.85. The first-order valence-electron chi connectivity index (χ1n) is 15.2. The number of anilines is 5. The van der Waals surface area contributed by atoms with Crippen molar-refractivity contribution in [2.75, 3.05) is 60.3 Å². The summed E-state index contributed by atoms with van der Waals surface area (Å²) in [5.41, 5.74) is 6.46. The van der Waals surface area contributed by atoms with Crippen LogP contribution in [0.1, 0.15) is 42.9 Å². The molecule has 0 saturated carbocycles. The Kier molecular flexibility index (Phi) is 7.34. The van der Waals surface area contributed by atoms with Crippen LogP contribution < -0.4 is 25.3 Å². The maximum absolute atomic E-state index is 12.1. The number of nitrogens with one attached hydrogen (secondary N) is 2. The number of rotatable bonds is 6. The van der Waals surface area contributed by atoms with Gasteiger partial charge in [-0.15, -0.1) is 0 Å². The van der Waals surface area contributed by atoms with Crippen LogP contribution >= 0.6 is 11.6 Å². The summed E-state index contributed by atoms with van der Waals surface area (Å²) in [5.74, 6) is 1.80. The molecule has 0 bridgehead atoms. The second-order valence-corrected chi connectivity index (χ2v) is 12.4. The van der Waals surface area contributed by atoms with Gasteiger partial charge in [-0.25, -0.2) is 4.98 Å². The normalized spacial score (nSPS) is 19.3. The summed E-state index contributed by atoms with van der Waals surface area (Å²) < 4.78 is 2.08. The number of aromatic nitrogens is 4. The molecule has 2 aromatic heterocycles. The first-order chi connectivity index (χ1) is 20.9. The van der Waals surface area contributed by atoms with E-state index in [0.29, 0.717) is 35.2 Å². The largest absolute Gasteiger partial charge is 0.370 e. The van der Waals surface area contributed by atoms with E-state index in [0.717, 1.165) is 56.0 Å². The third-order valence-electron chi connectivity index (χ3n) is 9.38. The number of piperidine rings is 2. The molecule has 2 N–H and O–H groups in total. The second-order valence-electron chi connectivity index (χ2n) is 12.0. The first-order valence-corrected chi connectivity index (χ1v) is 15.6. The van der Waals surface area contributed by atoms with Crippen LogP contribution in [0.5, 0.6) is 0 Å². The summed E-state index contributed by atoms with van der Waals surface area (Å²) >= 11 is 6.51. The lowest BCUT2D eigenvalue weighted by Gasteiger charge is -2.38. The Morgan fingerprint density at radius 2 is 1.95 bits per heavy atom. The highest BCUT2D eigenvalue weighted by atomic mass is 35.5. The van der Waals surface area contributed by atoms with Crippen molar-refractivity contribution in [1.29, 1.82) is 0 Å². The highest BCUT2D eigenvalue weighted by molar-refractivity contribution is 6.32. The lowest BCUT2D eigenvalue weighted by molar-refractivity contribution is -0.117. The smallest absolute Gasteiger partial charge is 0.231 e. The third-order valence-corrected chi connectivity index (χ3v) is 9.66. The van der Waals surface area contributed by atoms with Crippen molar-refractivity contribution in [2.45, 2.75) is 44.1 Å². The topological polar surface area (TPSA) is 94.5 Å². The fourth-order valence-corrected chi connectivity index (χ4v) is 7.09. The van der Waals surface area contributed by atoms with E-state index in [1.165, 1.54) is 35.1 Å². The molecule has 2 fully saturated rings. The molecule has 0 radical (unpaired) electrons. The van der Waals surface area contributed by atoms with Crippen LogP contribution in [0.25, 0.3) is 10.9 Å². The first kappa shape index (κ1) is 27.9. The number of carbonyl (C=O) groups excluding carboxylic acids is 1. The fraction of sp³-hybridized carbons (Fsp3) is 0.438. The number of carbonyl (C=O) groups is 1. The summed E-state index contributed by atoms with van der Waals surface area (Å²) in [6.45, 7) is 3.80. The van der Waals surface area contributed by atoms with E-state index in [9.17, 15) is 4.79 Å². The zero-order chi connectivity index (χ0) is 29.7. The molecule has 2 aromatic carbocycles. The maximum atomic E-state index is 12.1. The molecule has 0 aliphatic carbocycles. The number of para-hydroxylation sites is 1. The van der Waals surface area contributed by atoms with Gasteiger partial charge in [-0.1, -0.05) is 23.7 Å². The van der Waals surface area contributed by atoms with Crippen molar-refractivity contribution in [2.24, 2.45) is 7.05 Å². The molecular weight excluding hydrogens is 562 g/mol. The molecule has 1 amide bonds. The molecular formula is C32H38ClN9O. The molecule has 0 spiro atoms. The van der Waals surface area contributed by atoms with Gasteiger partial charge in [0.05, 0.1) is 29.5 Å². The average molecular weight is 600 g/mol. The minimum absolute atomic E-state index is 0.0994. The lowest BCUT2D eigenvalue weighted by Crippen LogP contribution is -2.44. The van der Waals surface area contributed by atoms with E-state index >= 15 is 0 Å². The van der Waals surface area contributed by atoms with Crippen LogP contribution in [-0.2, 0) is 18.3 Å². The Morgan fingerprint density at radius 1 is 1.12 bits per heavy atom. The van der Waals surface area contributed by atoms with Crippen molar-refractivity contribution in [3.8, 4) is 0 Å². The van der Waals surface area contributed by atoms with Gasteiger partial charge in [0, 0.05) is 69.5 Å². The summed E-state index contributed by atoms with van der Waals surface area (Å²) in [7, 11) is 6.10. The van der Waals surface area contributed by atoms with Gasteiger partial charge < -0.3 is 25.3 Å². The molecule has 11 heteroatoms. The van der Waals surface area contributed by atoms with E-state index in [1.807, 2.05) is 18.2 Å². The molecule has 1 atom stereocenters. The van der Waals surface area contributed by atoms with Crippen molar-refractivity contribution >= 4 is 57.2 Å². The van der Waals surface area contributed by atoms with Crippen molar-refractivity contribution in [3.05, 3.63) is 58.9 Å². The van der Waals surface area contributed by atoms with Gasteiger partial charge in [-0.3, -0.25) is 9.48 Å². The molecule has 3 aliphatic heterocycles. The Balaban J connectivity index is 1.05. The summed E-state index contributed by atoms with van der Waals surface area (Å²) in [6.07, 6.45) is 6.44. The van der Waals surface area contributed by atoms with Gasteiger partial charge >= 0.3 is 0 Å². The van der Waals surface area contributed by atoms with E-state index in [-0.39, 0.29) is 5.91 Å². The van der Waals surface area contributed by atoms with Crippen molar-refractivity contribution < 1.29 is 4.79 Å². The minimum atomic E-state index is 0.0994. The van der Waals surface area contributed by atoms with Gasteiger partial charge in [0.25, 0.3) is 0 Å². The number of halogens is 1. The molecule has 7 rings (SSSR count). The van der Waals surface area contributed by atoms with Crippen molar-refractivity contribution in [3.63, 3.8) is 0 Å². The predicted molar refractivity (Wildman–Crippen MR) is 173 cm³/mol. The minimum Gasteiger partial charge on any atom is -0.370 e. The number of fused-ring (bicyclic) bond motifs is 2. The average Bonchev–Trinajstić information content (AvgIpc) is 3.53. The monoisotopic (exact) mass is 599 g/mol. The molecule has 10 nitrogen and oxygen atoms in total. The lowest BCUT2D eigenvalue weighted by atomic mass is 9.93.